The van der Waals surface area contributed by atoms with E-state index in [4.69, 9.17) is 4.74 Å². The summed E-state index contributed by atoms with van der Waals surface area (Å²) in [7, 11) is -2.25. The maximum absolute atomic E-state index is 14.5. The van der Waals surface area contributed by atoms with E-state index in [2.05, 4.69) is 4.72 Å². The van der Waals surface area contributed by atoms with Crippen molar-refractivity contribution in [3.05, 3.63) is 48.3 Å². The Hall–Kier alpha value is -1.96. The van der Waals surface area contributed by atoms with Crippen LogP contribution in [0.4, 0.5) is 4.39 Å². The summed E-state index contributed by atoms with van der Waals surface area (Å²) in [5, 5.41) is 9.52. The van der Waals surface area contributed by atoms with Gasteiger partial charge in [-0.1, -0.05) is 18.2 Å². The van der Waals surface area contributed by atoms with E-state index in [1.807, 2.05) is 0 Å². The number of nitrogens with one attached hydrogen (secondary N) is 1. The molecule has 2 N–H and O–H groups in total. The SMILES string of the molecule is COc1ccc(-c2ccc(S(=O)(=O)NC3CCC(O)CC3)cc2F)cc1. The number of benzene rings is 2. The predicted molar refractivity (Wildman–Crippen MR) is 97.0 cm³/mol. The van der Waals surface area contributed by atoms with Gasteiger partial charge < -0.3 is 9.84 Å². The molecule has 7 heteroatoms. The van der Waals surface area contributed by atoms with Crippen LogP contribution >= 0.6 is 0 Å². The summed E-state index contributed by atoms with van der Waals surface area (Å²) in [6.45, 7) is 0. The largest absolute Gasteiger partial charge is 0.497 e. The Balaban J connectivity index is 1.79. The third kappa shape index (κ3) is 4.23. The van der Waals surface area contributed by atoms with Gasteiger partial charge in [-0.3, -0.25) is 0 Å². The summed E-state index contributed by atoms with van der Waals surface area (Å²) in [4.78, 5) is -0.0987. The number of sulfonamides is 1. The van der Waals surface area contributed by atoms with Crippen LogP contribution < -0.4 is 9.46 Å². The standard InChI is InChI=1S/C19H22FNO4S/c1-25-16-8-2-13(3-9-16)18-11-10-17(12-19(18)20)26(23,24)21-14-4-6-15(22)7-5-14/h2-3,8-12,14-15,21-22H,4-7H2,1H3. The molecule has 140 valence electrons. The number of hydrogen-bond donors (Lipinski definition) is 2. The van der Waals surface area contributed by atoms with Crippen molar-refractivity contribution < 1.29 is 22.7 Å². The van der Waals surface area contributed by atoms with Crippen molar-refractivity contribution >= 4 is 10.0 Å². The minimum absolute atomic E-state index is 0.0987. The molecule has 0 unspecified atom stereocenters. The minimum Gasteiger partial charge on any atom is -0.497 e. The van der Waals surface area contributed by atoms with Gasteiger partial charge in [0, 0.05) is 11.6 Å². The number of halogens is 1. The molecular weight excluding hydrogens is 357 g/mol. The molecule has 26 heavy (non-hydrogen) atoms. The lowest BCUT2D eigenvalue weighted by molar-refractivity contribution is 0.120. The first-order valence-corrected chi connectivity index (χ1v) is 10.0. The van der Waals surface area contributed by atoms with Crippen LogP contribution in [0.3, 0.4) is 0 Å². The highest BCUT2D eigenvalue weighted by atomic mass is 32.2. The topological polar surface area (TPSA) is 75.6 Å². The molecule has 0 heterocycles. The van der Waals surface area contributed by atoms with Crippen molar-refractivity contribution in [1.82, 2.24) is 4.72 Å². The van der Waals surface area contributed by atoms with E-state index in [0.29, 0.717) is 42.6 Å². The first kappa shape index (κ1) is 18.8. The van der Waals surface area contributed by atoms with Gasteiger partial charge >= 0.3 is 0 Å². The lowest BCUT2D eigenvalue weighted by Gasteiger charge is -2.26. The van der Waals surface area contributed by atoms with E-state index in [0.717, 1.165) is 6.07 Å². The Morgan fingerprint density at radius 3 is 2.31 bits per heavy atom. The Morgan fingerprint density at radius 2 is 1.73 bits per heavy atom. The number of methoxy groups -OCH3 is 1. The van der Waals surface area contributed by atoms with E-state index in [1.54, 1.807) is 31.4 Å². The lowest BCUT2D eigenvalue weighted by atomic mass is 9.94. The zero-order valence-electron chi connectivity index (χ0n) is 14.5. The van der Waals surface area contributed by atoms with Crippen LogP contribution in [0.2, 0.25) is 0 Å². The van der Waals surface area contributed by atoms with E-state index in [1.165, 1.54) is 12.1 Å². The molecule has 0 aliphatic heterocycles. The van der Waals surface area contributed by atoms with Crippen molar-refractivity contribution in [3.63, 3.8) is 0 Å². The van der Waals surface area contributed by atoms with Crippen molar-refractivity contribution in [3.8, 4) is 16.9 Å². The van der Waals surface area contributed by atoms with Crippen molar-refractivity contribution in [2.24, 2.45) is 0 Å². The van der Waals surface area contributed by atoms with Gasteiger partial charge in [0.15, 0.2) is 0 Å². The number of rotatable bonds is 5. The average Bonchev–Trinajstić information content (AvgIpc) is 2.63. The number of hydrogen-bond acceptors (Lipinski definition) is 4. The second kappa shape index (κ2) is 7.73. The number of aliphatic hydroxyl groups excluding tert-OH is 1. The second-order valence-corrected chi connectivity index (χ2v) is 8.21. The molecule has 0 spiro atoms. The monoisotopic (exact) mass is 379 g/mol. The van der Waals surface area contributed by atoms with Crippen molar-refractivity contribution in [2.45, 2.75) is 42.7 Å². The number of aliphatic hydroxyl groups is 1. The molecule has 1 fully saturated rings. The van der Waals surface area contributed by atoms with Gasteiger partial charge in [0.2, 0.25) is 10.0 Å². The predicted octanol–water partition coefficient (Wildman–Crippen LogP) is 3.08. The molecule has 0 atom stereocenters. The molecule has 1 aliphatic carbocycles. The van der Waals surface area contributed by atoms with Crippen LogP contribution in [-0.2, 0) is 10.0 Å². The fraction of sp³-hybridized carbons (Fsp3) is 0.368. The fourth-order valence-corrected chi connectivity index (χ4v) is 4.47. The first-order valence-electron chi connectivity index (χ1n) is 8.53. The zero-order valence-corrected chi connectivity index (χ0v) is 15.3. The lowest BCUT2D eigenvalue weighted by Crippen LogP contribution is -2.38. The zero-order chi connectivity index (χ0) is 18.7. The van der Waals surface area contributed by atoms with Gasteiger partial charge in [0.05, 0.1) is 18.1 Å². The molecule has 0 saturated heterocycles. The molecule has 0 amide bonds. The first-order chi connectivity index (χ1) is 12.4. The molecule has 2 aromatic rings. The van der Waals surface area contributed by atoms with E-state index < -0.39 is 15.8 Å². The maximum Gasteiger partial charge on any atom is 0.240 e. The van der Waals surface area contributed by atoms with Crippen LogP contribution in [0.25, 0.3) is 11.1 Å². The van der Waals surface area contributed by atoms with Crippen molar-refractivity contribution in [2.75, 3.05) is 7.11 Å². The van der Waals surface area contributed by atoms with Gasteiger partial charge in [-0.15, -0.1) is 0 Å². The summed E-state index contributed by atoms with van der Waals surface area (Å²) < 4.78 is 47.2. The Kier molecular flexibility index (Phi) is 5.60. The summed E-state index contributed by atoms with van der Waals surface area (Å²) in [5.41, 5.74) is 0.967. The molecule has 0 bridgehead atoms. The van der Waals surface area contributed by atoms with Gasteiger partial charge in [0.25, 0.3) is 0 Å². The van der Waals surface area contributed by atoms with Crippen LogP contribution in [0.5, 0.6) is 5.75 Å². The highest BCUT2D eigenvalue weighted by molar-refractivity contribution is 7.89. The van der Waals surface area contributed by atoms with Crippen LogP contribution in [0.1, 0.15) is 25.7 Å². The molecule has 0 radical (unpaired) electrons. The molecule has 5 nitrogen and oxygen atoms in total. The third-order valence-corrected chi connectivity index (χ3v) is 6.19. The quantitative estimate of drug-likeness (QED) is 0.837. The molecule has 1 aliphatic rings. The third-order valence-electron chi connectivity index (χ3n) is 4.67. The van der Waals surface area contributed by atoms with Gasteiger partial charge in [-0.05, 0) is 55.5 Å². The average molecular weight is 379 g/mol. The molecular formula is C19H22FNO4S. The highest BCUT2D eigenvalue weighted by Crippen LogP contribution is 2.27. The van der Waals surface area contributed by atoms with Crippen LogP contribution in [-0.4, -0.2) is 32.8 Å². The molecule has 0 aromatic heterocycles. The van der Waals surface area contributed by atoms with Gasteiger partial charge in [-0.25, -0.2) is 17.5 Å². The smallest absolute Gasteiger partial charge is 0.240 e. The highest BCUT2D eigenvalue weighted by Gasteiger charge is 2.25. The number of ether oxygens (including phenoxy) is 1. The van der Waals surface area contributed by atoms with Crippen molar-refractivity contribution in [1.29, 1.82) is 0 Å². The van der Waals surface area contributed by atoms with Gasteiger partial charge in [0.1, 0.15) is 11.6 Å². The maximum atomic E-state index is 14.5. The normalized spacial score (nSPS) is 20.7. The Labute approximate surface area is 152 Å². The molecule has 2 aromatic carbocycles. The van der Waals surface area contributed by atoms with Crippen LogP contribution in [0.15, 0.2) is 47.4 Å². The van der Waals surface area contributed by atoms with E-state index in [9.17, 15) is 17.9 Å². The summed E-state index contributed by atoms with van der Waals surface area (Å²) in [5.74, 6) is 0.0623. The fourth-order valence-electron chi connectivity index (χ4n) is 3.15. The van der Waals surface area contributed by atoms with Gasteiger partial charge in [-0.2, -0.15) is 0 Å². The summed E-state index contributed by atoms with van der Waals surface area (Å²) in [6.07, 6.45) is 1.92. The van der Waals surface area contributed by atoms with E-state index in [-0.39, 0.29) is 17.0 Å². The minimum atomic E-state index is -3.80. The second-order valence-electron chi connectivity index (χ2n) is 6.50. The molecule has 1 saturated carbocycles. The molecule has 3 rings (SSSR count). The Bertz CT molecular complexity index is 860. The Morgan fingerprint density at radius 1 is 1.08 bits per heavy atom. The van der Waals surface area contributed by atoms with Crippen LogP contribution in [0, 0.1) is 5.82 Å². The summed E-state index contributed by atoms with van der Waals surface area (Å²) in [6, 6.07) is 10.6. The summed E-state index contributed by atoms with van der Waals surface area (Å²) >= 11 is 0. The van der Waals surface area contributed by atoms with E-state index >= 15 is 0 Å².